The number of allylic oxidation sites excluding steroid dienone is 2. The Labute approximate surface area is 122 Å². The predicted molar refractivity (Wildman–Crippen MR) is 82.9 cm³/mol. The molecule has 6 heteroatoms. The Morgan fingerprint density at radius 3 is 3.05 bits per heavy atom. The fourth-order valence-electron chi connectivity index (χ4n) is 1.54. The van der Waals surface area contributed by atoms with E-state index in [1.54, 1.807) is 6.20 Å². The third-order valence-electron chi connectivity index (χ3n) is 2.76. The number of rotatable bonds is 6. The van der Waals surface area contributed by atoms with Crippen LogP contribution in [0.2, 0.25) is 0 Å². The second kappa shape index (κ2) is 7.89. The average Bonchev–Trinajstić information content (AvgIpc) is 2.36. The summed E-state index contributed by atoms with van der Waals surface area (Å²) in [6.45, 7) is 6.89. The highest BCUT2D eigenvalue weighted by molar-refractivity contribution is 9.12. The standard InChI is InChI=1S/C13H21BrN4O/c1-9-4-5-12(11(14)8-18-13(9)15)17-7-3-6-16-10(2)19/h5,8-9,16-17,19H,2-4,6-7H2,1H3,(H2,15,18)/b11-8+,12-5-. The van der Waals surface area contributed by atoms with E-state index in [1.807, 2.05) is 0 Å². The molecular formula is C13H21BrN4O. The smallest absolute Gasteiger partial charge is 0.176 e. The molecule has 0 aromatic carbocycles. The number of nitrogens with zero attached hydrogens (tertiary/aromatic N) is 1. The molecule has 0 aromatic rings. The number of aliphatic hydroxyl groups excluding tert-OH is 1. The van der Waals surface area contributed by atoms with Crippen molar-refractivity contribution in [2.24, 2.45) is 16.6 Å². The van der Waals surface area contributed by atoms with Gasteiger partial charge in [0.2, 0.25) is 0 Å². The normalized spacial score (nSPS) is 27.7. The summed E-state index contributed by atoms with van der Waals surface area (Å²) in [5, 5.41) is 15.0. The number of halogens is 1. The van der Waals surface area contributed by atoms with Gasteiger partial charge in [-0.25, -0.2) is 4.99 Å². The zero-order chi connectivity index (χ0) is 14.3. The minimum Gasteiger partial charge on any atom is -0.495 e. The molecule has 0 aromatic heterocycles. The van der Waals surface area contributed by atoms with E-state index >= 15 is 0 Å². The summed E-state index contributed by atoms with van der Waals surface area (Å²) in [5.41, 5.74) is 6.84. The van der Waals surface area contributed by atoms with Crippen LogP contribution in [0.15, 0.2) is 39.9 Å². The van der Waals surface area contributed by atoms with Crippen molar-refractivity contribution in [3.05, 3.63) is 34.9 Å². The Hall–Kier alpha value is -1.43. The molecule has 0 radical (unpaired) electrons. The maximum absolute atomic E-state index is 8.88. The molecule has 0 aliphatic carbocycles. The molecule has 0 spiro atoms. The Bertz CT molecular complexity index is 415. The number of hydrogen-bond acceptors (Lipinski definition) is 5. The summed E-state index contributed by atoms with van der Waals surface area (Å²) >= 11 is 3.48. The van der Waals surface area contributed by atoms with Crippen LogP contribution in [-0.4, -0.2) is 24.0 Å². The van der Waals surface area contributed by atoms with Crippen molar-refractivity contribution in [2.75, 3.05) is 13.1 Å². The van der Waals surface area contributed by atoms with Crippen LogP contribution in [0.4, 0.5) is 0 Å². The molecule has 106 valence electrons. The van der Waals surface area contributed by atoms with Gasteiger partial charge in [0.1, 0.15) is 5.84 Å². The van der Waals surface area contributed by atoms with E-state index in [0.717, 1.165) is 29.6 Å². The highest BCUT2D eigenvalue weighted by Gasteiger charge is 2.10. The van der Waals surface area contributed by atoms with Gasteiger partial charge in [0.25, 0.3) is 0 Å². The lowest BCUT2D eigenvalue weighted by molar-refractivity contribution is 0.366. The Balaban J connectivity index is 2.46. The number of nitrogens with one attached hydrogen (secondary N) is 2. The van der Waals surface area contributed by atoms with Gasteiger partial charge in [0, 0.05) is 30.9 Å². The average molecular weight is 329 g/mol. The first-order valence-electron chi connectivity index (χ1n) is 6.25. The number of amidine groups is 1. The first-order chi connectivity index (χ1) is 9.00. The van der Waals surface area contributed by atoms with Gasteiger partial charge in [0.15, 0.2) is 5.88 Å². The van der Waals surface area contributed by atoms with E-state index < -0.39 is 0 Å². The molecule has 0 saturated heterocycles. The lowest BCUT2D eigenvalue weighted by atomic mass is 10.1. The van der Waals surface area contributed by atoms with Crippen LogP contribution >= 0.6 is 15.9 Å². The first kappa shape index (κ1) is 15.6. The summed E-state index contributed by atoms with van der Waals surface area (Å²) in [6.07, 6.45) is 5.56. The van der Waals surface area contributed by atoms with Crippen LogP contribution in [0, 0.1) is 5.92 Å². The Kier molecular flexibility index (Phi) is 6.49. The number of nitrogens with two attached hydrogens (primary N) is 1. The van der Waals surface area contributed by atoms with Crippen molar-refractivity contribution in [1.29, 1.82) is 0 Å². The van der Waals surface area contributed by atoms with Crippen LogP contribution < -0.4 is 16.4 Å². The maximum atomic E-state index is 8.88. The fraction of sp³-hybridized carbons (Fsp3) is 0.462. The van der Waals surface area contributed by atoms with Gasteiger partial charge < -0.3 is 21.5 Å². The van der Waals surface area contributed by atoms with Gasteiger partial charge in [-0.2, -0.15) is 0 Å². The van der Waals surface area contributed by atoms with Crippen molar-refractivity contribution in [2.45, 2.75) is 19.8 Å². The van der Waals surface area contributed by atoms with Gasteiger partial charge in [-0.15, -0.1) is 0 Å². The van der Waals surface area contributed by atoms with Crippen LogP contribution in [-0.2, 0) is 0 Å². The van der Waals surface area contributed by atoms with E-state index in [-0.39, 0.29) is 11.8 Å². The molecule has 5 N–H and O–H groups in total. The highest BCUT2D eigenvalue weighted by atomic mass is 79.9. The fourth-order valence-corrected chi connectivity index (χ4v) is 1.95. The largest absolute Gasteiger partial charge is 0.495 e. The Morgan fingerprint density at radius 2 is 2.37 bits per heavy atom. The van der Waals surface area contributed by atoms with Gasteiger partial charge in [-0.05, 0) is 35.4 Å². The molecule has 5 nitrogen and oxygen atoms in total. The van der Waals surface area contributed by atoms with Gasteiger partial charge in [0.05, 0.1) is 4.48 Å². The second-order valence-electron chi connectivity index (χ2n) is 4.44. The molecule has 1 aliphatic heterocycles. The van der Waals surface area contributed by atoms with Crippen molar-refractivity contribution in [3.63, 3.8) is 0 Å². The third-order valence-corrected chi connectivity index (χ3v) is 3.39. The molecule has 1 atom stereocenters. The zero-order valence-electron chi connectivity index (χ0n) is 11.1. The van der Waals surface area contributed by atoms with E-state index in [9.17, 15) is 0 Å². The third kappa shape index (κ3) is 5.83. The molecular weight excluding hydrogens is 308 g/mol. The summed E-state index contributed by atoms with van der Waals surface area (Å²) in [4.78, 5) is 4.21. The van der Waals surface area contributed by atoms with Crippen LogP contribution in [0.25, 0.3) is 0 Å². The number of aliphatic hydroxyl groups is 1. The molecule has 0 bridgehead atoms. The topological polar surface area (TPSA) is 82.7 Å². The monoisotopic (exact) mass is 328 g/mol. The lowest BCUT2D eigenvalue weighted by Crippen LogP contribution is -2.24. The minimum atomic E-state index is 0.00452. The summed E-state index contributed by atoms with van der Waals surface area (Å²) in [6, 6.07) is 0. The summed E-state index contributed by atoms with van der Waals surface area (Å²) in [5.74, 6) is 0.899. The summed E-state index contributed by atoms with van der Waals surface area (Å²) in [7, 11) is 0. The minimum absolute atomic E-state index is 0.00452. The summed E-state index contributed by atoms with van der Waals surface area (Å²) < 4.78 is 0.891. The lowest BCUT2D eigenvalue weighted by Gasteiger charge is -2.15. The van der Waals surface area contributed by atoms with Crippen LogP contribution in [0.3, 0.4) is 0 Å². The van der Waals surface area contributed by atoms with Crippen molar-refractivity contribution < 1.29 is 5.11 Å². The highest BCUT2D eigenvalue weighted by Crippen LogP contribution is 2.19. The first-order valence-corrected chi connectivity index (χ1v) is 7.05. The molecule has 1 heterocycles. The molecule has 1 aliphatic rings. The van der Waals surface area contributed by atoms with E-state index in [1.165, 1.54) is 0 Å². The Morgan fingerprint density at radius 1 is 1.63 bits per heavy atom. The van der Waals surface area contributed by atoms with Gasteiger partial charge in [-0.3, -0.25) is 0 Å². The van der Waals surface area contributed by atoms with Gasteiger partial charge in [-0.1, -0.05) is 13.0 Å². The molecule has 0 fully saturated rings. The van der Waals surface area contributed by atoms with E-state index in [2.05, 4.69) is 51.1 Å². The maximum Gasteiger partial charge on any atom is 0.176 e. The second-order valence-corrected chi connectivity index (χ2v) is 5.29. The molecule has 1 unspecified atom stereocenters. The molecule has 0 amide bonds. The quantitative estimate of drug-likeness (QED) is 0.444. The SMILES string of the molecule is C=C(O)NCCCNC1=C\CC(C)/C(N)=N/C=C\1Br. The van der Waals surface area contributed by atoms with Crippen molar-refractivity contribution >= 4 is 21.8 Å². The van der Waals surface area contributed by atoms with Crippen molar-refractivity contribution in [3.8, 4) is 0 Å². The molecule has 0 saturated carbocycles. The molecule has 19 heavy (non-hydrogen) atoms. The van der Waals surface area contributed by atoms with E-state index in [4.69, 9.17) is 10.8 Å². The van der Waals surface area contributed by atoms with Gasteiger partial charge >= 0.3 is 0 Å². The molecule has 1 rings (SSSR count). The van der Waals surface area contributed by atoms with Crippen LogP contribution in [0.5, 0.6) is 0 Å². The predicted octanol–water partition coefficient (Wildman–Crippen LogP) is 2.10. The number of aliphatic imine (C=N–C) groups is 1. The number of hydrogen-bond donors (Lipinski definition) is 4. The zero-order valence-corrected chi connectivity index (χ0v) is 12.7. The van der Waals surface area contributed by atoms with Crippen LogP contribution in [0.1, 0.15) is 19.8 Å². The van der Waals surface area contributed by atoms with E-state index in [0.29, 0.717) is 12.4 Å². The van der Waals surface area contributed by atoms with Crippen molar-refractivity contribution in [1.82, 2.24) is 10.6 Å².